The zero-order valence-corrected chi connectivity index (χ0v) is 18.1. The van der Waals surface area contributed by atoms with Gasteiger partial charge in [-0.05, 0) is 0 Å². The fourth-order valence-corrected chi connectivity index (χ4v) is 3.68. The first kappa shape index (κ1) is 21.0. The van der Waals surface area contributed by atoms with E-state index < -0.39 is 0 Å². The SMILES string of the molecule is COC(=O)c1ccc(-c2ccc(NCc3oc(CO)c[c](=[Mo])c3OC)cc2)cc1. The van der Waals surface area contributed by atoms with Crippen molar-refractivity contribution in [1.82, 2.24) is 0 Å². The van der Waals surface area contributed by atoms with Crippen molar-refractivity contribution in [3.8, 4) is 16.9 Å². The molecule has 2 N–H and O–H groups in total. The van der Waals surface area contributed by atoms with Crippen LogP contribution >= 0.6 is 0 Å². The molecule has 0 fully saturated rings. The molecule has 0 atom stereocenters. The van der Waals surface area contributed by atoms with E-state index in [1.54, 1.807) is 25.3 Å². The number of esters is 1. The quantitative estimate of drug-likeness (QED) is 0.398. The van der Waals surface area contributed by atoms with Crippen LogP contribution in [0.25, 0.3) is 11.1 Å². The molecule has 29 heavy (non-hydrogen) atoms. The van der Waals surface area contributed by atoms with Crippen molar-refractivity contribution >= 4 is 11.7 Å². The average Bonchev–Trinajstić information content (AvgIpc) is 2.77. The molecule has 0 saturated heterocycles. The molecule has 0 bridgehead atoms. The van der Waals surface area contributed by atoms with Gasteiger partial charge in [-0.2, -0.15) is 0 Å². The van der Waals surface area contributed by atoms with Gasteiger partial charge < -0.3 is 4.74 Å². The van der Waals surface area contributed by atoms with E-state index in [1.807, 2.05) is 55.8 Å². The van der Waals surface area contributed by atoms with E-state index in [-0.39, 0.29) is 12.6 Å². The predicted molar refractivity (Wildman–Crippen MR) is 105 cm³/mol. The minimum atomic E-state index is -0.349. The first-order valence-corrected chi connectivity index (χ1v) is 9.89. The molecule has 6 nitrogen and oxygen atoms in total. The number of aliphatic hydroxyl groups is 1. The molecule has 0 aliphatic heterocycles. The summed E-state index contributed by atoms with van der Waals surface area (Å²) in [5, 5.41) is 12.7. The fourth-order valence-electron chi connectivity index (χ4n) is 2.87. The number of carbonyl (C=O) groups excluding carboxylic acids is 1. The number of aliphatic hydroxyl groups excluding tert-OH is 1. The summed E-state index contributed by atoms with van der Waals surface area (Å²) in [7, 11) is 2.97. The van der Waals surface area contributed by atoms with Crippen molar-refractivity contribution in [1.29, 1.82) is 0 Å². The Labute approximate surface area is 179 Å². The van der Waals surface area contributed by atoms with Gasteiger partial charge in [0.05, 0.1) is 12.7 Å². The van der Waals surface area contributed by atoms with E-state index in [0.717, 1.165) is 20.4 Å². The van der Waals surface area contributed by atoms with Crippen LogP contribution in [0.5, 0.6) is 5.75 Å². The molecular formula is C22H21MoNO5. The maximum atomic E-state index is 11.5. The van der Waals surface area contributed by atoms with Gasteiger partial charge in [0.25, 0.3) is 0 Å². The number of benzene rings is 2. The molecule has 0 saturated carbocycles. The topological polar surface area (TPSA) is 80.9 Å². The fraction of sp³-hybridized carbons (Fsp3) is 0.182. The molecule has 0 spiro atoms. The Kier molecular flexibility index (Phi) is 7.02. The van der Waals surface area contributed by atoms with E-state index in [2.05, 4.69) is 5.32 Å². The average molecular weight is 475 g/mol. The Bertz CT molecular complexity index is 1040. The van der Waals surface area contributed by atoms with E-state index in [4.69, 9.17) is 13.9 Å². The van der Waals surface area contributed by atoms with Gasteiger partial charge in [-0.25, -0.2) is 4.79 Å². The Morgan fingerprint density at radius 2 is 1.69 bits per heavy atom. The third-order valence-corrected chi connectivity index (χ3v) is 5.11. The maximum absolute atomic E-state index is 11.5. The standard InChI is InChI=1S/C22H21NO5.Mo/c1-26-20-12-11-19(14-24)28-21(20)13-23-18-9-7-16(8-10-18)15-3-5-17(6-4-15)22(25)27-2;/h3-11,23-24H,13-14H2,1-2H3;. The third kappa shape index (κ3) is 5.03. The second-order valence-electron chi connectivity index (χ2n) is 6.19. The molecule has 1 heterocycles. The molecule has 150 valence electrons. The number of methoxy groups -OCH3 is 2. The van der Waals surface area contributed by atoms with Crippen molar-refractivity contribution in [2.75, 3.05) is 19.5 Å². The predicted octanol–water partition coefficient (Wildman–Crippen LogP) is 3.92. The van der Waals surface area contributed by atoms with Crippen LogP contribution in [0, 0.1) is 3.54 Å². The summed E-state index contributed by atoms with van der Waals surface area (Å²) in [5.74, 6) is 1.44. The zero-order chi connectivity index (χ0) is 20.8. The van der Waals surface area contributed by atoms with Gasteiger partial charge in [0, 0.05) is 0 Å². The number of ether oxygens (including phenoxy) is 2. The molecule has 0 unspecified atom stereocenters. The van der Waals surface area contributed by atoms with Gasteiger partial charge in [0.1, 0.15) is 0 Å². The number of hydrogen-bond donors (Lipinski definition) is 2. The minimum absolute atomic E-state index is 0.164. The first-order valence-electron chi connectivity index (χ1n) is 8.89. The van der Waals surface area contributed by atoms with Gasteiger partial charge in [0.15, 0.2) is 0 Å². The van der Waals surface area contributed by atoms with E-state index in [1.165, 1.54) is 7.11 Å². The third-order valence-electron chi connectivity index (χ3n) is 4.36. The number of anilines is 1. The van der Waals surface area contributed by atoms with Gasteiger partial charge in [0.2, 0.25) is 0 Å². The van der Waals surface area contributed by atoms with Crippen molar-refractivity contribution < 1.29 is 43.1 Å². The van der Waals surface area contributed by atoms with Crippen molar-refractivity contribution in [2.45, 2.75) is 13.2 Å². The van der Waals surface area contributed by atoms with Crippen molar-refractivity contribution in [3.05, 3.63) is 75.2 Å². The van der Waals surface area contributed by atoms with Crippen molar-refractivity contribution in [2.24, 2.45) is 0 Å². The molecule has 3 rings (SSSR count). The van der Waals surface area contributed by atoms with Crippen LogP contribution in [-0.2, 0) is 37.2 Å². The Balaban J connectivity index is 1.72. The summed E-state index contributed by atoms with van der Waals surface area (Å²) >= 11 is 1.83. The molecule has 0 radical (unpaired) electrons. The second-order valence-corrected chi connectivity index (χ2v) is 7.27. The number of hydrogen-bond acceptors (Lipinski definition) is 6. The molecule has 7 heteroatoms. The molecule has 0 aliphatic carbocycles. The van der Waals surface area contributed by atoms with Gasteiger partial charge in [-0.3, -0.25) is 0 Å². The summed E-state index contributed by atoms with van der Waals surface area (Å²) in [6.45, 7) is 0.259. The van der Waals surface area contributed by atoms with Gasteiger partial charge >= 0.3 is 157 Å². The first-order chi connectivity index (χ1) is 14.0. The van der Waals surface area contributed by atoms with Gasteiger partial charge in [-0.15, -0.1) is 0 Å². The summed E-state index contributed by atoms with van der Waals surface area (Å²) in [6.07, 6.45) is 0. The van der Waals surface area contributed by atoms with Crippen LogP contribution in [0.2, 0.25) is 0 Å². The monoisotopic (exact) mass is 477 g/mol. The molecule has 1 aromatic heterocycles. The number of carbonyl (C=O) groups is 1. The Morgan fingerprint density at radius 3 is 2.24 bits per heavy atom. The summed E-state index contributed by atoms with van der Waals surface area (Å²) in [5.41, 5.74) is 3.48. The van der Waals surface area contributed by atoms with Crippen LogP contribution in [0.1, 0.15) is 21.9 Å². The normalized spacial score (nSPS) is 10.4. The van der Waals surface area contributed by atoms with E-state index in [0.29, 0.717) is 29.4 Å². The molecular weight excluding hydrogens is 454 g/mol. The summed E-state index contributed by atoms with van der Waals surface area (Å²) in [6, 6.07) is 17.0. The zero-order valence-electron chi connectivity index (χ0n) is 16.1. The van der Waals surface area contributed by atoms with E-state index >= 15 is 0 Å². The Morgan fingerprint density at radius 1 is 1.07 bits per heavy atom. The molecule has 0 amide bonds. The summed E-state index contributed by atoms with van der Waals surface area (Å²) < 4.78 is 16.8. The van der Waals surface area contributed by atoms with Crippen LogP contribution in [0.3, 0.4) is 0 Å². The van der Waals surface area contributed by atoms with E-state index in [9.17, 15) is 9.90 Å². The van der Waals surface area contributed by atoms with Crippen LogP contribution in [-0.4, -0.2) is 25.3 Å². The van der Waals surface area contributed by atoms with Crippen LogP contribution in [0.15, 0.2) is 59.0 Å². The summed E-state index contributed by atoms with van der Waals surface area (Å²) in [4.78, 5) is 11.5. The molecule has 2 aromatic carbocycles. The number of rotatable bonds is 7. The molecule has 0 aliphatic rings. The molecule has 3 aromatic rings. The van der Waals surface area contributed by atoms with Gasteiger partial charge in [-0.1, -0.05) is 0 Å². The second kappa shape index (κ2) is 9.68. The van der Waals surface area contributed by atoms with Crippen molar-refractivity contribution in [3.63, 3.8) is 0 Å². The number of nitrogens with one attached hydrogen (secondary N) is 1. The van der Waals surface area contributed by atoms with Crippen LogP contribution < -0.4 is 10.1 Å². The van der Waals surface area contributed by atoms with Crippen LogP contribution in [0.4, 0.5) is 5.69 Å². The Hall–Kier alpha value is -2.69.